The molecule has 0 aromatic carbocycles. The van der Waals surface area contributed by atoms with E-state index in [1.807, 2.05) is 0 Å². The molecule has 56 valence electrons. The highest BCUT2D eigenvalue weighted by Crippen LogP contribution is 2.34. The van der Waals surface area contributed by atoms with Crippen LogP contribution in [0, 0.1) is 3.57 Å². The normalized spacial score (nSPS) is 12.0. The van der Waals surface area contributed by atoms with E-state index in [4.69, 9.17) is 0 Å². The van der Waals surface area contributed by atoms with Crippen molar-refractivity contribution in [2.45, 2.75) is 6.18 Å². The van der Waals surface area contributed by atoms with E-state index in [1.165, 1.54) is 5.38 Å². The Morgan fingerprint density at radius 2 is 1.90 bits per heavy atom. The van der Waals surface area contributed by atoms with Crippen LogP contribution in [0.5, 0.6) is 0 Å². The van der Waals surface area contributed by atoms with Crippen molar-refractivity contribution >= 4 is 33.9 Å². The van der Waals surface area contributed by atoms with E-state index >= 15 is 0 Å². The molecule has 0 nitrogen and oxygen atoms in total. The summed E-state index contributed by atoms with van der Waals surface area (Å²) in [5.74, 6) is 0. The van der Waals surface area contributed by atoms with Gasteiger partial charge in [-0.15, -0.1) is 0 Å². The lowest BCUT2D eigenvalue weighted by Gasteiger charge is -2.02. The maximum Gasteiger partial charge on any atom is 0.418 e. The van der Waals surface area contributed by atoms with Gasteiger partial charge in [0.05, 0.1) is 5.56 Å². The van der Waals surface area contributed by atoms with Gasteiger partial charge in [0.2, 0.25) is 0 Å². The van der Waals surface area contributed by atoms with Crippen LogP contribution < -0.4 is 0 Å². The number of rotatable bonds is 0. The number of alkyl halides is 3. The van der Waals surface area contributed by atoms with Crippen molar-refractivity contribution in [3.8, 4) is 0 Å². The Balaban J connectivity index is 3.05. The molecule has 0 saturated carbocycles. The molecular weight excluding hydrogens is 276 g/mol. The molecule has 0 unspecified atom stereocenters. The Kier molecular flexibility index (Phi) is 2.24. The van der Waals surface area contributed by atoms with Crippen molar-refractivity contribution in [2.24, 2.45) is 0 Å². The van der Waals surface area contributed by atoms with Gasteiger partial charge in [0, 0.05) is 14.3 Å². The van der Waals surface area contributed by atoms with Crippen molar-refractivity contribution in [1.29, 1.82) is 0 Å². The lowest BCUT2D eigenvalue weighted by molar-refractivity contribution is -0.137. The molecule has 0 aliphatic heterocycles. The summed E-state index contributed by atoms with van der Waals surface area (Å²) in [6, 6.07) is 0. The molecule has 0 amide bonds. The summed E-state index contributed by atoms with van der Waals surface area (Å²) in [4.78, 5) is 0. The lowest BCUT2D eigenvalue weighted by Crippen LogP contribution is -2.04. The van der Waals surface area contributed by atoms with Gasteiger partial charge in [-0.25, -0.2) is 0 Å². The van der Waals surface area contributed by atoms with Gasteiger partial charge in [-0.1, -0.05) is 0 Å². The maximum atomic E-state index is 11.9. The second kappa shape index (κ2) is 2.69. The molecule has 0 bridgehead atoms. The van der Waals surface area contributed by atoms with Gasteiger partial charge in [0.1, 0.15) is 0 Å². The van der Waals surface area contributed by atoms with E-state index in [2.05, 4.69) is 0 Å². The minimum Gasteiger partial charge on any atom is -0.166 e. The van der Waals surface area contributed by atoms with Crippen LogP contribution in [0.1, 0.15) is 5.56 Å². The minimum atomic E-state index is -4.18. The van der Waals surface area contributed by atoms with Crippen molar-refractivity contribution < 1.29 is 13.2 Å². The largest absolute Gasteiger partial charge is 0.418 e. The molecule has 1 rings (SSSR count). The van der Waals surface area contributed by atoms with Crippen LogP contribution in [0.2, 0.25) is 0 Å². The average molecular weight is 278 g/mol. The number of thiophene rings is 1. The van der Waals surface area contributed by atoms with Crippen molar-refractivity contribution in [3.63, 3.8) is 0 Å². The molecule has 1 heterocycles. The first-order valence-corrected chi connectivity index (χ1v) is 4.33. The Morgan fingerprint density at radius 1 is 1.30 bits per heavy atom. The Hall–Kier alpha value is 0.220. The van der Waals surface area contributed by atoms with Crippen LogP contribution in [-0.2, 0) is 6.18 Å². The van der Waals surface area contributed by atoms with Crippen LogP contribution >= 0.6 is 33.9 Å². The molecule has 10 heavy (non-hydrogen) atoms. The number of hydrogen-bond donors (Lipinski definition) is 0. The molecule has 1 aromatic heterocycles. The standard InChI is InChI=1S/C5H2F3IS/c6-5(7,8)3-1-10-2-4(3)9/h1-2H. The molecule has 0 spiro atoms. The third-order valence-corrected chi connectivity index (χ3v) is 2.98. The Labute approximate surface area is 73.2 Å². The number of halogens is 4. The summed E-state index contributed by atoms with van der Waals surface area (Å²) in [6.45, 7) is 0. The molecule has 0 atom stereocenters. The van der Waals surface area contributed by atoms with Crippen molar-refractivity contribution in [2.75, 3.05) is 0 Å². The summed E-state index contributed by atoms with van der Waals surface area (Å²) in [5.41, 5.74) is -0.530. The highest BCUT2D eigenvalue weighted by Gasteiger charge is 2.33. The second-order valence-electron chi connectivity index (χ2n) is 1.63. The molecule has 0 fully saturated rings. The summed E-state index contributed by atoms with van der Waals surface area (Å²) in [7, 11) is 0. The minimum absolute atomic E-state index is 0.273. The fourth-order valence-corrected chi connectivity index (χ4v) is 2.31. The van der Waals surface area contributed by atoms with E-state index in [1.54, 1.807) is 22.6 Å². The van der Waals surface area contributed by atoms with Gasteiger partial charge < -0.3 is 0 Å². The van der Waals surface area contributed by atoms with Crippen LogP contribution in [0.15, 0.2) is 10.8 Å². The van der Waals surface area contributed by atoms with Crippen LogP contribution in [0.4, 0.5) is 13.2 Å². The van der Waals surface area contributed by atoms with E-state index in [0.29, 0.717) is 0 Å². The van der Waals surface area contributed by atoms with E-state index in [-0.39, 0.29) is 3.57 Å². The van der Waals surface area contributed by atoms with Crippen molar-refractivity contribution in [3.05, 3.63) is 19.9 Å². The molecule has 0 N–H and O–H groups in total. The molecular formula is C5H2F3IS. The molecule has 1 aromatic rings. The van der Waals surface area contributed by atoms with Crippen LogP contribution in [0.25, 0.3) is 0 Å². The van der Waals surface area contributed by atoms with Crippen molar-refractivity contribution in [1.82, 2.24) is 0 Å². The highest BCUT2D eigenvalue weighted by molar-refractivity contribution is 14.1. The zero-order valence-electron chi connectivity index (χ0n) is 4.57. The lowest BCUT2D eigenvalue weighted by atomic mass is 10.3. The smallest absolute Gasteiger partial charge is 0.166 e. The van der Waals surface area contributed by atoms with Gasteiger partial charge in [0.15, 0.2) is 0 Å². The summed E-state index contributed by atoms with van der Waals surface area (Å²) >= 11 is 2.74. The predicted octanol–water partition coefficient (Wildman–Crippen LogP) is 3.37. The summed E-state index contributed by atoms with van der Waals surface area (Å²) < 4.78 is 35.9. The maximum absolute atomic E-state index is 11.9. The third-order valence-electron chi connectivity index (χ3n) is 0.920. The molecule has 0 saturated heterocycles. The fraction of sp³-hybridized carbons (Fsp3) is 0.200. The van der Waals surface area contributed by atoms with Crippen LogP contribution in [0.3, 0.4) is 0 Å². The van der Waals surface area contributed by atoms with Gasteiger partial charge in [0.25, 0.3) is 0 Å². The van der Waals surface area contributed by atoms with Crippen LogP contribution in [-0.4, -0.2) is 0 Å². The van der Waals surface area contributed by atoms with Gasteiger partial charge in [-0.05, 0) is 22.6 Å². The zero-order chi connectivity index (χ0) is 7.78. The summed E-state index contributed by atoms with van der Waals surface area (Å²) in [6.07, 6.45) is -4.18. The number of hydrogen-bond acceptors (Lipinski definition) is 1. The topological polar surface area (TPSA) is 0 Å². The van der Waals surface area contributed by atoms with Gasteiger partial charge >= 0.3 is 6.18 Å². The molecule has 0 radical (unpaired) electrons. The van der Waals surface area contributed by atoms with E-state index in [0.717, 1.165) is 16.7 Å². The zero-order valence-corrected chi connectivity index (χ0v) is 7.55. The van der Waals surface area contributed by atoms with E-state index < -0.39 is 11.7 Å². The average Bonchev–Trinajstić information content (AvgIpc) is 2.11. The molecule has 5 heteroatoms. The molecule has 0 aliphatic carbocycles. The third kappa shape index (κ3) is 1.63. The highest BCUT2D eigenvalue weighted by atomic mass is 127. The summed E-state index contributed by atoms with van der Waals surface area (Å²) in [5, 5.41) is 2.59. The second-order valence-corrected chi connectivity index (χ2v) is 3.54. The van der Waals surface area contributed by atoms with Gasteiger partial charge in [-0.3, -0.25) is 0 Å². The molecule has 0 aliphatic rings. The van der Waals surface area contributed by atoms with E-state index in [9.17, 15) is 13.2 Å². The SMILES string of the molecule is FC(F)(F)c1cscc1I. The quantitative estimate of drug-likeness (QED) is 0.638. The monoisotopic (exact) mass is 278 g/mol. The van der Waals surface area contributed by atoms with Gasteiger partial charge in [-0.2, -0.15) is 24.5 Å². The first-order valence-electron chi connectivity index (χ1n) is 2.30. The first kappa shape index (κ1) is 8.32. The fourth-order valence-electron chi connectivity index (χ4n) is 0.484. The Morgan fingerprint density at radius 3 is 2.10 bits per heavy atom. The predicted molar refractivity (Wildman–Crippen MR) is 42.0 cm³/mol. The first-order chi connectivity index (χ1) is 4.52. The Bertz CT molecular complexity index is 227.